The van der Waals surface area contributed by atoms with Crippen LogP contribution in [-0.4, -0.2) is 51.3 Å². The quantitative estimate of drug-likeness (QED) is 0.597. The Morgan fingerprint density at radius 3 is 2.39 bits per heavy atom. The highest BCUT2D eigenvalue weighted by Gasteiger charge is 2.19. The molecule has 1 aliphatic heterocycles. The van der Waals surface area contributed by atoms with Gasteiger partial charge in [0.2, 0.25) is 0 Å². The summed E-state index contributed by atoms with van der Waals surface area (Å²) in [5, 5.41) is 0. The van der Waals surface area contributed by atoms with E-state index in [1.807, 2.05) is 42.5 Å². The molecule has 4 nitrogen and oxygen atoms in total. The average molecular weight is 379 g/mol. The molecular weight excluding hydrogens is 348 g/mol. The minimum atomic E-state index is 0.703. The molecule has 0 aromatic heterocycles. The highest BCUT2D eigenvalue weighted by Crippen LogP contribution is 2.28. The number of nitrogens with zero attached hydrogens (tertiary/aromatic N) is 2. The lowest BCUT2D eigenvalue weighted by atomic mass is 10.1. The van der Waals surface area contributed by atoms with Gasteiger partial charge in [-0.15, -0.1) is 0 Å². The Hall–Kier alpha value is -2.72. The van der Waals surface area contributed by atoms with Crippen LogP contribution in [0.1, 0.15) is 17.5 Å². The molecule has 0 saturated carbocycles. The molecule has 0 spiro atoms. The van der Waals surface area contributed by atoms with E-state index in [-0.39, 0.29) is 0 Å². The second-order valence-corrected chi connectivity index (χ2v) is 6.87. The third kappa shape index (κ3) is 4.76. The van der Waals surface area contributed by atoms with E-state index in [4.69, 9.17) is 9.47 Å². The summed E-state index contributed by atoms with van der Waals surface area (Å²) in [6, 6.07) is 14.3. The first-order chi connectivity index (χ1) is 13.8. The summed E-state index contributed by atoms with van der Waals surface area (Å²) >= 11 is 0. The van der Waals surface area contributed by atoms with Gasteiger partial charge in [0.1, 0.15) is 11.5 Å². The topological polar surface area (TPSA) is 24.9 Å². The highest BCUT2D eigenvalue weighted by molar-refractivity contribution is 5.68. The molecule has 0 radical (unpaired) electrons. The number of rotatable bonds is 9. The average Bonchev–Trinajstić information content (AvgIpc) is 2.76. The molecule has 2 aromatic rings. The van der Waals surface area contributed by atoms with E-state index < -0.39 is 0 Å². The predicted octanol–water partition coefficient (Wildman–Crippen LogP) is 4.57. The summed E-state index contributed by atoms with van der Waals surface area (Å²) in [4.78, 5) is 4.91. The third-order valence-corrected chi connectivity index (χ3v) is 5.20. The zero-order chi connectivity index (χ0) is 19.8. The Balaban J connectivity index is 1.44. The van der Waals surface area contributed by atoms with Gasteiger partial charge in [-0.05, 0) is 30.2 Å². The van der Waals surface area contributed by atoms with Gasteiger partial charge in [-0.2, -0.15) is 0 Å². The first-order valence-corrected chi connectivity index (χ1v) is 9.88. The number of para-hydroxylation sites is 2. The molecule has 1 aliphatic rings. The molecule has 2 aromatic carbocycles. The van der Waals surface area contributed by atoms with Crippen molar-refractivity contribution in [2.45, 2.75) is 6.42 Å². The minimum absolute atomic E-state index is 0.703. The summed E-state index contributed by atoms with van der Waals surface area (Å²) in [5.74, 6) is 1.83. The number of hydrogen-bond donors (Lipinski definition) is 0. The Morgan fingerprint density at radius 1 is 0.929 bits per heavy atom. The van der Waals surface area contributed by atoms with Gasteiger partial charge in [0.25, 0.3) is 0 Å². The van der Waals surface area contributed by atoms with Crippen LogP contribution in [0.5, 0.6) is 11.5 Å². The Kier molecular flexibility index (Phi) is 7.15. The van der Waals surface area contributed by atoms with Crippen molar-refractivity contribution in [1.82, 2.24) is 4.90 Å². The standard InChI is InChI=1S/C24H30N2O2/c1-4-20-10-8-13-23(21(20)5-2)28-19-9-14-25-15-17-26(18-16-25)22-11-6-7-12-24(22)27-3/h4-8,10-13H,1-2,9,14-19H2,3H3. The summed E-state index contributed by atoms with van der Waals surface area (Å²) in [6.07, 6.45) is 4.68. The summed E-state index contributed by atoms with van der Waals surface area (Å²) in [6.45, 7) is 13.6. The van der Waals surface area contributed by atoms with Crippen LogP contribution in [0.15, 0.2) is 55.6 Å². The maximum Gasteiger partial charge on any atom is 0.142 e. The van der Waals surface area contributed by atoms with E-state index in [0.717, 1.165) is 61.8 Å². The molecule has 0 bridgehead atoms. The van der Waals surface area contributed by atoms with E-state index in [1.165, 1.54) is 5.69 Å². The van der Waals surface area contributed by atoms with Gasteiger partial charge < -0.3 is 14.4 Å². The third-order valence-electron chi connectivity index (χ3n) is 5.20. The normalized spacial score (nSPS) is 14.5. The van der Waals surface area contributed by atoms with Crippen LogP contribution >= 0.6 is 0 Å². The first-order valence-electron chi connectivity index (χ1n) is 9.88. The van der Waals surface area contributed by atoms with Crippen molar-refractivity contribution in [3.05, 3.63) is 66.7 Å². The maximum absolute atomic E-state index is 6.01. The van der Waals surface area contributed by atoms with Crippen LogP contribution in [0.3, 0.4) is 0 Å². The van der Waals surface area contributed by atoms with Crippen molar-refractivity contribution in [3.8, 4) is 11.5 Å². The van der Waals surface area contributed by atoms with Crippen LogP contribution in [0.2, 0.25) is 0 Å². The van der Waals surface area contributed by atoms with E-state index in [1.54, 1.807) is 7.11 Å². The number of methoxy groups -OCH3 is 1. The molecule has 148 valence electrons. The number of benzene rings is 2. The largest absolute Gasteiger partial charge is 0.495 e. The molecule has 1 saturated heterocycles. The van der Waals surface area contributed by atoms with Crippen LogP contribution in [0, 0.1) is 0 Å². The van der Waals surface area contributed by atoms with E-state index in [9.17, 15) is 0 Å². The molecule has 28 heavy (non-hydrogen) atoms. The smallest absolute Gasteiger partial charge is 0.142 e. The number of ether oxygens (including phenoxy) is 2. The minimum Gasteiger partial charge on any atom is -0.495 e. The van der Waals surface area contributed by atoms with Crippen molar-refractivity contribution in [3.63, 3.8) is 0 Å². The summed E-state index contributed by atoms with van der Waals surface area (Å²) in [5.41, 5.74) is 3.26. The lowest BCUT2D eigenvalue weighted by Crippen LogP contribution is -2.46. The van der Waals surface area contributed by atoms with Gasteiger partial charge in [-0.3, -0.25) is 4.90 Å². The van der Waals surface area contributed by atoms with Gasteiger partial charge in [-0.25, -0.2) is 0 Å². The van der Waals surface area contributed by atoms with Crippen molar-refractivity contribution >= 4 is 17.8 Å². The number of hydrogen-bond acceptors (Lipinski definition) is 4. The molecule has 3 rings (SSSR count). The van der Waals surface area contributed by atoms with Crippen molar-refractivity contribution < 1.29 is 9.47 Å². The van der Waals surface area contributed by atoms with Crippen LogP contribution in [0.25, 0.3) is 12.2 Å². The van der Waals surface area contributed by atoms with Gasteiger partial charge in [0.15, 0.2) is 0 Å². The number of anilines is 1. The van der Waals surface area contributed by atoms with Crippen LogP contribution in [-0.2, 0) is 0 Å². The van der Waals surface area contributed by atoms with Crippen molar-refractivity contribution in [2.24, 2.45) is 0 Å². The zero-order valence-corrected chi connectivity index (χ0v) is 16.8. The first kappa shape index (κ1) is 20.0. The summed E-state index contributed by atoms with van der Waals surface area (Å²) in [7, 11) is 1.73. The monoisotopic (exact) mass is 378 g/mol. The van der Waals surface area contributed by atoms with Crippen molar-refractivity contribution in [2.75, 3.05) is 51.3 Å². The second kappa shape index (κ2) is 10.00. The van der Waals surface area contributed by atoms with Crippen molar-refractivity contribution in [1.29, 1.82) is 0 Å². The molecule has 4 heteroatoms. The van der Waals surface area contributed by atoms with Gasteiger partial charge in [-0.1, -0.05) is 49.6 Å². The fourth-order valence-corrected chi connectivity index (χ4v) is 3.66. The van der Waals surface area contributed by atoms with Gasteiger partial charge in [0.05, 0.1) is 19.4 Å². The molecular formula is C24H30N2O2. The Labute approximate surface area is 168 Å². The fourth-order valence-electron chi connectivity index (χ4n) is 3.66. The predicted molar refractivity (Wildman–Crippen MR) is 118 cm³/mol. The van der Waals surface area contributed by atoms with E-state index in [2.05, 4.69) is 35.1 Å². The van der Waals surface area contributed by atoms with Gasteiger partial charge in [0, 0.05) is 38.3 Å². The van der Waals surface area contributed by atoms with Gasteiger partial charge >= 0.3 is 0 Å². The maximum atomic E-state index is 6.01. The SMILES string of the molecule is C=Cc1cccc(OCCCN2CCN(c3ccccc3OC)CC2)c1C=C. The lowest BCUT2D eigenvalue weighted by molar-refractivity contribution is 0.224. The van der Waals surface area contributed by atoms with Crippen LogP contribution in [0.4, 0.5) is 5.69 Å². The van der Waals surface area contributed by atoms with E-state index in [0.29, 0.717) is 6.61 Å². The Bertz CT molecular complexity index is 795. The molecule has 1 heterocycles. The summed E-state index contributed by atoms with van der Waals surface area (Å²) < 4.78 is 11.5. The zero-order valence-electron chi connectivity index (χ0n) is 16.8. The molecule has 0 atom stereocenters. The molecule has 0 amide bonds. The fraction of sp³-hybridized carbons (Fsp3) is 0.333. The molecule has 0 aliphatic carbocycles. The van der Waals surface area contributed by atoms with Crippen LogP contribution < -0.4 is 14.4 Å². The highest BCUT2D eigenvalue weighted by atomic mass is 16.5. The molecule has 1 fully saturated rings. The molecule has 0 unspecified atom stereocenters. The number of piperazine rings is 1. The second-order valence-electron chi connectivity index (χ2n) is 6.87. The Morgan fingerprint density at radius 2 is 1.68 bits per heavy atom. The molecule has 0 N–H and O–H groups in total. The van der Waals surface area contributed by atoms with E-state index >= 15 is 0 Å². The lowest BCUT2D eigenvalue weighted by Gasteiger charge is -2.36.